The summed E-state index contributed by atoms with van der Waals surface area (Å²) in [6.45, 7) is 1.59. The maximum absolute atomic E-state index is 12.0. The van der Waals surface area contributed by atoms with Crippen LogP contribution in [-0.2, 0) is 40.5 Å². The van der Waals surface area contributed by atoms with E-state index in [1.165, 1.54) is 18.2 Å². The molecule has 1 heterocycles. The van der Waals surface area contributed by atoms with E-state index in [4.69, 9.17) is 11.6 Å². The summed E-state index contributed by atoms with van der Waals surface area (Å²) in [5, 5.41) is 12.0. The van der Waals surface area contributed by atoms with Gasteiger partial charge in [0.1, 0.15) is 40.5 Å². The van der Waals surface area contributed by atoms with Gasteiger partial charge in [-0.2, -0.15) is 25.2 Å². The van der Waals surface area contributed by atoms with Crippen LogP contribution in [0.25, 0.3) is 10.8 Å². The second-order valence-electron chi connectivity index (χ2n) is 9.97. The second-order valence-corrected chi connectivity index (χ2v) is 15.7. The van der Waals surface area contributed by atoms with Gasteiger partial charge in [0.25, 0.3) is 0 Å². The number of anilines is 4. The molecule has 0 unspecified atom stereocenters. The van der Waals surface area contributed by atoms with Crippen molar-refractivity contribution in [2.24, 2.45) is 10.2 Å². The third-order valence-corrected chi connectivity index (χ3v) is 10.2. The van der Waals surface area contributed by atoms with Crippen molar-refractivity contribution in [2.75, 3.05) is 10.6 Å². The van der Waals surface area contributed by atoms with Gasteiger partial charge in [0.2, 0.25) is 17.2 Å². The maximum Gasteiger partial charge on any atom is 1.00 e. The van der Waals surface area contributed by atoms with Crippen molar-refractivity contribution in [1.29, 1.82) is 0 Å². The number of hydrogen-bond acceptors (Lipinski definition) is 19. The van der Waals surface area contributed by atoms with Crippen LogP contribution < -0.4 is 129 Å². The first-order valence-corrected chi connectivity index (χ1v) is 19.1. The molecule has 0 bridgehead atoms. The van der Waals surface area contributed by atoms with E-state index in [1.807, 2.05) is 0 Å². The zero-order valence-corrected chi connectivity index (χ0v) is 40.5. The molecule has 5 aromatic rings. The van der Waals surface area contributed by atoms with Gasteiger partial charge in [0, 0.05) is 16.5 Å². The third-order valence-electron chi connectivity index (χ3n) is 6.53. The smallest absolute Gasteiger partial charge is 0.744 e. The number of fused-ring (bicyclic) bond motifs is 1. The molecule has 0 aliphatic carbocycles. The summed E-state index contributed by atoms with van der Waals surface area (Å²) in [6.07, 6.45) is 0. The molecule has 0 aliphatic rings. The average molecular weight is 874 g/mol. The van der Waals surface area contributed by atoms with Gasteiger partial charge in [-0.15, -0.1) is 0 Å². The van der Waals surface area contributed by atoms with E-state index in [9.17, 15) is 51.9 Å². The molecule has 28 heteroatoms. The van der Waals surface area contributed by atoms with Crippen LogP contribution in [0.1, 0.15) is 5.56 Å². The Morgan fingerprint density at radius 2 is 1.19 bits per heavy atom. The molecule has 0 fully saturated rings. The largest absolute Gasteiger partial charge is 1.00 e. The van der Waals surface area contributed by atoms with Gasteiger partial charge in [-0.05, 0) is 78.7 Å². The van der Waals surface area contributed by atoms with Gasteiger partial charge in [0.15, 0.2) is 0 Å². The van der Waals surface area contributed by atoms with E-state index in [1.54, 1.807) is 6.92 Å². The fourth-order valence-corrected chi connectivity index (χ4v) is 7.11. The molecule has 19 nitrogen and oxygen atoms in total. The van der Waals surface area contributed by atoms with E-state index in [2.05, 4.69) is 35.8 Å². The molecule has 2 N–H and O–H groups in total. The molecule has 54 heavy (non-hydrogen) atoms. The van der Waals surface area contributed by atoms with Gasteiger partial charge in [0.05, 0.1) is 36.6 Å². The number of aromatic nitrogens is 3. The molecular formula is C26H16ClN7Na4O12S4. The first kappa shape index (κ1) is 51.3. The number of nitrogens with zero attached hydrogens (tertiary/aromatic N) is 5. The van der Waals surface area contributed by atoms with Crippen LogP contribution in [0.5, 0.6) is 0 Å². The molecule has 4 aromatic carbocycles. The SMILES string of the molecule is Cc1cc(Nc2nc(Cl)nc(Nc3cc(S(=O)(=O)[O-])ccc3S(=O)(=O)[O-])n2)ccc1N=Nc1cc(S(=O)(=O)[O-])c2cccc(S(=O)(=O)[O-])c2c1.[Na+].[Na+].[Na+].[Na+]. The van der Waals surface area contributed by atoms with Crippen LogP contribution in [-0.4, -0.2) is 66.8 Å². The minimum Gasteiger partial charge on any atom is -0.744 e. The summed E-state index contributed by atoms with van der Waals surface area (Å²) in [6, 6.07) is 11.5. The van der Waals surface area contributed by atoms with Crippen molar-refractivity contribution < 1.29 is 170 Å². The first-order chi connectivity index (χ1) is 23.1. The average Bonchev–Trinajstić information content (AvgIpc) is 2.97. The number of azo groups is 1. The van der Waals surface area contributed by atoms with Gasteiger partial charge in [-0.1, -0.05) is 12.1 Å². The minimum absolute atomic E-state index is 0. The summed E-state index contributed by atoms with van der Waals surface area (Å²) in [5.41, 5.74) is 0.0809. The molecule has 0 radical (unpaired) electrons. The quantitative estimate of drug-likeness (QED) is 0.0748. The van der Waals surface area contributed by atoms with Crippen LogP contribution >= 0.6 is 11.6 Å². The van der Waals surface area contributed by atoms with Crippen molar-refractivity contribution in [3.63, 3.8) is 0 Å². The molecular weight excluding hydrogens is 858 g/mol. The van der Waals surface area contributed by atoms with Crippen molar-refractivity contribution >= 4 is 97.5 Å². The van der Waals surface area contributed by atoms with E-state index < -0.39 is 77.0 Å². The van der Waals surface area contributed by atoms with Crippen LogP contribution in [0, 0.1) is 6.92 Å². The number of halogens is 1. The molecule has 0 amide bonds. The molecule has 0 saturated heterocycles. The van der Waals surface area contributed by atoms with E-state index in [0.717, 1.165) is 30.3 Å². The van der Waals surface area contributed by atoms with Gasteiger partial charge in [-0.3, -0.25) is 0 Å². The van der Waals surface area contributed by atoms with Crippen molar-refractivity contribution in [1.82, 2.24) is 15.0 Å². The fraction of sp³-hybridized carbons (Fsp3) is 0.0385. The van der Waals surface area contributed by atoms with Crippen LogP contribution in [0.2, 0.25) is 5.28 Å². The Morgan fingerprint density at radius 3 is 1.74 bits per heavy atom. The minimum atomic E-state index is -5.17. The number of aryl methyl sites for hydroxylation is 1. The van der Waals surface area contributed by atoms with Gasteiger partial charge >= 0.3 is 118 Å². The summed E-state index contributed by atoms with van der Waals surface area (Å²) in [5.74, 6) is -0.685. The van der Waals surface area contributed by atoms with Crippen LogP contribution in [0.15, 0.2) is 96.5 Å². The molecule has 262 valence electrons. The summed E-state index contributed by atoms with van der Waals surface area (Å²) in [7, 11) is -20.4. The maximum atomic E-state index is 12.0. The fourth-order valence-electron chi connectivity index (χ4n) is 4.44. The summed E-state index contributed by atoms with van der Waals surface area (Å²) >= 11 is 5.98. The standard InChI is InChI=1S/C26H20ClN7O12S4.4Na/c1-13-9-14(28-25-30-24(27)31-26(32-25)29-20-12-16(47(35,36)37)6-8-22(20)49(41,42)43)5-7-19(13)34-33-15-10-18-17(23(11-15)50(44,45)46)3-2-4-21(18)48(38,39)40;;;;/h2-12H,1H3,(H,35,36,37)(H,38,39,40)(H,41,42,43)(H,44,45,46)(H2,28,29,30,31,32);;;;/q;4*+1/p-4. The number of rotatable bonds is 10. The normalized spacial score (nSPS) is 11.8. The first-order valence-electron chi connectivity index (χ1n) is 13.1. The Kier molecular flexibility index (Phi) is 18.8. The predicted octanol–water partition coefficient (Wildman–Crippen LogP) is -8.48. The Hall–Kier alpha value is -0.720. The van der Waals surface area contributed by atoms with Gasteiger partial charge in [-0.25, -0.2) is 33.7 Å². The Bertz CT molecular complexity index is 2710. The molecule has 5 rings (SSSR count). The summed E-state index contributed by atoms with van der Waals surface area (Å²) in [4.78, 5) is 8.31. The molecule has 0 aliphatic heterocycles. The topological polar surface area (TPSA) is 316 Å². The van der Waals surface area contributed by atoms with E-state index in [-0.39, 0.29) is 146 Å². The monoisotopic (exact) mass is 873 g/mol. The Labute approximate surface area is 401 Å². The van der Waals surface area contributed by atoms with Crippen LogP contribution in [0.4, 0.5) is 34.6 Å². The number of benzene rings is 4. The molecule has 0 saturated carbocycles. The Morgan fingerprint density at radius 1 is 0.593 bits per heavy atom. The predicted molar refractivity (Wildman–Crippen MR) is 169 cm³/mol. The zero-order valence-electron chi connectivity index (χ0n) is 28.5. The van der Waals surface area contributed by atoms with E-state index >= 15 is 0 Å². The number of hydrogen-bond donors (Lipinski definition) is 2. The van der Waals surface area contributed by atoms with Crippen LogP contribution in [0.3, 0.4) is 0 Å². The number of nitrogens with one attached hydrogen (secondary N) is 2. The Balaban J connectivity index is 0.00000364. The van der Waals surface area contributed by atoms with Gasteiger partial charge < -0.3 is 28.8 Å². The van der Waals surface area contributed by atoms with Crippen molar-refractivity contribution in [3.8, 4) is 0 Å². The molecule has 1 aromatic heterocycles. The summed E-state index contributed by atoms with van der Waals surface area (Å²) < 4.78 is 141. The third kappa shape index (κ3) is 12.9. The van der Waals surface area contributed by atoms with E-state index in [0.29, 0.717) is 29.4 Å². The molecule has 0 spiro atoms. The van der Waals surface area contributed by atoms with Crippen molar-refractivity contribution in [2.45, 2.75) is 26.5 Å². The van der Waals surface area contributed by atoms with Crippen molar-refractivity contribution in [3.05, 3.63) is 77.6 Å². The second kappa shape index (κ2) is 19.8. The molecule has 0 atom stereocenters. The zero-order chi connectivity index (χ0) is 36.8.